The monoisotopic (exact) mass is 394 g/mol. The molecule has 1 N–H and O–H groups in total. The van der Waals surface area contributed by atoms with Gasteiger partial charge < -0.3 is 28.8 Å². The van der Waals surface area contributed by atoms with Gasteiger partial charge in [-0.15, -0.1) is 0 Å². The molecule has 0 saturated heterocycles. The first-order valence-electron chi connectivity index (χ1n) is 10.3. The number of carbonyl (C=O) groups is 1. The first kappa shape index (κ1) is 28.5. The summed E-state index contributed by atoms with van der Waals surface area (Å²) < 4.78 is 25.9. The Morgan fingerprint density at radius 2 is 1.04 bits per heavy atom. The van der Waals surface area contributed by atoms with Gasteiger partial charge in [-0.2, -0.15) is 0 Å². The van der Waals surface area contributed by atoms with Crippen molar-refractivity contribution in [3.05, 3.63) is 0 Å². The molecule has 0 aromatic heterocycles. The lowest BCUT2D eigenvalue weighted by atomic mass is 10.1. The van der Waals surface area contributed by atoms with Crippen molar-refractivity contribution in [3.8, 4) is 0 Å². The van der Waals surface area contributed by atoms with E-state index in [2.05, 4.69) is 11.7 Å². The summed E-state index contributed by atoms with van der Waals surface area (Å²) in [5.41, 5.74) is 0. The Balaban J connectivity index is 0. The number of carboxylic acids is 1. The van der Waals surface area contributed by atoms with Crippen LogP contribution >= 0.6 is 0 Å². The topological polar surface area (TPSA) is 83.5 Å². The van der Waals surface area contributed by atoms with Gasteiger partial charge in [0.25, 0.3) is 0 Å². The van der Waals surface area contributed by atoms with Crippen molar-refractivity contribution in [1.29, 1.82) is 0 Å². The Kier molecular flexibility index (Phi) is 29.0. The van der Waals surface area contributed by atoms with E-state index >= 15 is 0 Å². The Labute approximate surface area is 165 Å². The molecule has 0 radical (unpaired) electrons. The molecule has 0 unspecified atom stereocenters. The van der Waals surface area contributed by atoms with Gasteiger partial charge in [-0.1, -0.05) is 39.0 Å². The van der Waals surface area contributed by atoms with E-state index in [1.54, 1.807) is 6.92 Å². The molecule has 0 aliphatic carbocycles. The van der Waals surface area contributed by atoms with Crippen LogP contribution in [0, 0.1) is 0 Å². The number of ether oxygens (including phenoxy) is 5. The summed E-state index contributed by atoms with van der Waals surface area (Å²) in [5.74, 6) is -0.915. The second kappa shape index (κ2) is 27.5. The largest absolute Gasteiger partial charge is 0.480 e. The number of hydrogen-bond acceptors (Lipinski definition) is 6. The molecule has 0 atom stereocenters. The Morgan fingerprint density at radius 1 is 0.593 bits per heavy atom. The summed E-state index contributed by atoms with van der Waals surface area (Å²) in [5, 5.41) is 7.92. The van der Waals surface area contributed by atoms with Gasteiger partial charge in [0.15, 0.2) is 0 Å². The highest BCUT2D eigenvalue weighted by atomic mass is 16.6. The molecule has 7 nitrogen and oxygen atoms in total. The van der Waals surface area contributed by atoms with Gasteiger partial charge in [0, 0.05) is 19.8 Å². The van der Waals surface area contributed by atoms with Crippen molar-refractivity contribution < 1.29 is 33.6 Å². The zero-order chi connectivity index (χ0) is 20.4. The molecule has 0 saturated carbocycles. The fourth-order valence-corrected chi connectivity index (χ4v) is 1.98. The third-order valence-corrected chi connectivity index (χ3v) is 3.39. The first-order chi connectivity index (χ1) is 13.2. The molecular weight excluding hydrogens is 352 g/mol. The lowest BCUT2D eigenvalue weighted by Crippen LogP contribution is -2.12. The SMILES string of the molecule is CCCCCCCCOCCOCCOCCOCC.CCOCC(=O)O. The van der Waals surface area contributed by atoms with E-state index in [0.717, 1.165) is 13.2 Å². The highest BCUT2D eigenvalue weighted by Crippen LogP contribution is 2.04. The maximum atomic E-state index is 9.63. The van der Waals surface area contributed by atoms with Crippen LogP contribution in [-0.4, -0.2) is 77.1 Å². The predicted molar refractivity (Wildman–Crippen MR) is 106 cm³/mol. The molecule has 0 aromatic carbocycles. The predicted octanol–water partition coefficient (Wildman–Crippen LogP) is 3.54. The zero-order valence-corrected chi connectivity index (χ0v) is 17.7. The molecule has 27 heavy (non-hydrogen) atoms. The van der Waals surface area contributed by atoms with Crippen molar-refractivity contribution in [1.82, 2.24) is 0 Å². The highest BCUT2D eigenvalue weighted by Gasteiger charge is 1.93. The average molecular weight is 395 g/mol. The zero-order valence-electron chi connectivity index (χ0n) is 17.7. The Morgan fingerprint density at radius 3 is 1.48 bits per heavy atom. The van der Waals surface area contributed by atoms with Gasteiger partial charge in [0.2, 0.25) is 0 Å². The molecule has 0 amide bonds. The molecule has 0 rings (SSSR count). The van der Waals surface area contributed by atoms with E-state index in [9.17, 15) is 4.79 Å². The van der Waals surface area contributed by atoms with Crippen LogP contribution < -0.4 is 0 Å². The van der Waals surface area contributed by atoms with Gasteiger partial charge in [0.05, 0.1) is 39.6 Å². The number of unbranched alkanes of at least 4 members (excludes halogenated alkanes) is 5. The van der Waals surface area contributed by atoms with Crippen molar-refractivity contribution in [3.63, 3.8) is 0 Å². The van der Waals surface area contributed by atoms with E-state index in [-0.39, 0.29) is 6.61 Å². The maximum Gasteiger partial charge on any atom is 0.329 e. The van der Waals surface area contributed by atoms with E-state index in [0.29, 0.717) is 46.2 Å². The van der Waals surface area contributed by atoms with Gasteiger partial charge in [-0.05, 0) is 20.3 Å². The van der Waals surface area contributed by atoms with Crippen molar-refractivity contribution in [2.24, 2.45) is 0 Å². The number of rotatable bonds is 20. The van der Waals surface area contributed by atoms with Gasteiger partial charge in [0.1, 0.15) is 6.61 Å². The van der Waals surface area contributed by atoms with Crippen LogP contribution in [-0.2, 0) is 28.5 Å². The number of hydrogen-bond donors (Lipinski definition) is 1. The minimum absolute atomic E-state index is 0.184. The third kappa shape index (κ3) is 33.3. The van der Waals surface area contributed by atoms with Crippen LogP contribution in [0.25, 0.3) is 0 Å². The molecule has 0 spiro atoms. The summed E-state index contributed by atoms with van der Waals surface area (Å²) >= 11 is 0. The second-order valence-corrected chi connectivity index (χ2v) is 5.83. The van der Waals surface area contributed by atoms with Crippen LogP contribution in [0.5, 0.6) is 0 Å². The van der Waals surface area contributed by atoms with Crippen LogP contribution in [0.4, 0.5) is 0 Å². The van der Waals surface area contributed by atoms with E-state index in [1.807, 2.05) is 6.92 Å². The average Bonchev–Trinajstić information content (AvgIpc) is 2.66. The fourth-order valence-electron chi connectivity index (χ4n) is 1.98. The molecular formula is C20H42O7. The quantitative estimate of drug-likeness (QED) is 0.316. The lowest BCUT2D eigenvalue weighted by Gasteiger charge is -2.07. The van der Waals surface area contributed by atoms with Crippen molar-refractivity contribution in [2.45, 2.75) is 59.3 Å². The second-order valence-electron chi connectivity index (χ2n) is 5.83. The molecule has 0 aromatic rings. The van der Waals surface area contributed by atoms with Crippen LogP contribution in [0.3, 0.4) is 0 Å². The molecule has 0 heterocycles. The highest BCUT2D eigenvalue weighted by molar-refractivity contribution is 5.67. The maximum absolute atomic E-state index is 9.63. The fraction of sp³-hybridized carbons (Fsp3) is 0.950. The van der Waals surface area contributed by atoms with Crippen LogP contribution in [0.15, 0.2) is 0 Å². The molecule has 0 aliphatic rings. The van der Waals surface area contributed by atoms with Gasteiger partial charge in [-0.25, -0.2) is 4.79 Å². The van der Waals surface area contributed by atoms with Crippen LogP contribution in [0.2, 0.25) is 0 Å². The standard InChI is InChI=1S/C16H34O4.C4H8O3/c1-3-5-6-7-8-9-10-18-13-14-20-16-15-19-12-11-17-4-2;1-2-7-3-4(5)6/h3-16H2,1-2H3;2-3H2,1H3,(H,5,6). The molecule has 164 valence electrons. The Hall–Kier alpha value is -0.730. The van der Waals surface area contributed by atoms with Crippen molar-refractivity contribution in [2.75, 3.05) is 66.1 Å². The normalized spacial score (nSPS) is 10.5. The van der Waals surface area contributed by atoms with E-state index in [4.69, 9.17) is 24.1 Å². The Bertz CT molecular complexity index is 257. The summed E-state index contributed by atoms with van der Waals surface area (Å²) in [4.78, 5) is 9.63. The number of aliphatic carboxylic acids is 1. The summed E-state index contributed by atoms with van der Waals surface area (Å²) in [7, 11) is 0. The molecule has 0 fully saturated rings. The molecule has 0 bridgehead atoms. The number of carboxylic acid groups (broad SMARTS) is 1. The summed E-state index contributed by atoms with van der Waals surface area (Å²) in [6.07, 6.45) is 7.83. The van der Waals surface area contributed by atoms with Crippen LogP contribution in [0.1, 0.15) is 59.3 Å². The molecule has 0 aliphatic heterocycles. The van der Waals surface area contributed by atoms with Gasteiger partial charge >= 0.3 is 5.97 Å². The van der Waals surface area contributed by atoms with E-state index < -0.39 is 5.97 Å². The smallest absolute Gasteiger partial charge is 0.329 e. The minimum atomic E-state index is -0.915. The summed E-state index contributed by atoms with van der Waals surface area (Å²) in [6.45, 7) is 11.8. The van der Waals surface area contributed by atoms with Gasteiger partial charge in [-0.3, -0.25) is 0 Å². The van der Waals surface area contributed by atoms with E-state index in [1.165, 1.54) is 38.5 Å². The first-order valence-corrected chi connectivity index (χ1v) is 10.3. The summed E-state index contributed by atoms with van der Waals surface area (Å²) in [6, 6.07) is 0. The minimum Gasteiger partial charge on any atom is -0.480 e. The third-order valence-electron chi connectivity index (χ3n) is 3.39. The van der Waals surface area contributed by atoms with Crippen molar-refractivity contribution >= 4 is 5.97 Å². The molecule has 7 heteroatoms. The lowest BCUT2D eigenvalue weighted by molar-refractivity contribution is -0.142.